The molecule has 5 heteroatoms. The first kappa shape index (κ1) is 14.9. The van der Waals surface area contributed by atoms with Crippen molar-refractivity contribution in [3.63, 3.8) is 0 Å². The first-order valence-electron chi connectivity index (χ1n) is 7.07. The van der Waals surface area contributed by atoms with E-state index in [1.807, 2.05) is 6.92 Å². The average Bonchev–Trinajstić information content (AvgIpc) is 3.06. The van der Waals surface area contributed by atoms with Crippen molar-refractivity contribution in [2.75, 3.05) is 19.8 Å². The van der Waals surface area contributed by atoms with Crippen molar-refractivity contribution in [2.24, 2.45) is 5.73 Å². The Morgan fingerprint density at radius 3 is 2.74 bits per heavy atom. The molecular formula is C14H24N2O2S. The van der Waals surface area contributed by atoms with Crippen LogP contribution in [0.4, 0.5) is 0 Å². The fraction of sp³-hybridized carbons (Fsp3) is 0.786. The number of aromatic nitrogens is 1. The summed E-state index contributed by atoms with van der Waals surface area (Å²) in [6.07, 6.45) is 2.70. The van der Waals surface area contributed by atoms with Gasteiger partial charge in [0, 0.05) is 18.6 Å². The van der Waals surface area contributed by atoms with Gasteiger partial charge >= 0.3 is 0 Å². The zero-order chi connectivity index (χ0) is 13.9. The van der Waals surface area contributed by atoms with Crippen LogP contribution in [0.25, 0.3) is 0 Å². The summed E-state index contributed by atoms with van der Waals surface area (Å²) in [6.45, 7) is 8.32. The molecule has 1 aromatic heterocycles. The monoisotopic (exact) mass is 284 g/mol. The van der Waals surface area contributed by atoms with Crippen LogP contribution >= 0.6 is 11.3 Å². The Balaban J connectivity index is 2.28. The first-order valence-corrected chi connectivity index (χ1v) is 7.95. The molecule has 0 bridgehead atoms. The van der Waals surface area contributed by atoms with Crippen LogP contribution in [0.3, 0.4) is 0 Å². The van der Waals surface area contributed by atoms with Gasteiger partial charge in [0.25, 0.3) is 0 Å². The van der Waals surface area contributed by atoms with Crippen LogP contribution in [-0.4, -0.2) is 24.8 Å². The Labute approximate surface area is 119 Å². The molecule has 2 rings (SSSR count). The molecule has 4 nitrogen and oxygen atoms in total. The highest BCUT2D eigenvalue weighted by atomic mass is 32.1. The Bertz CT molecular complexity index is 409. The molecule has 108 valence electrons. The maximum Gasteiger partial charge on any atom is 0.125 e. The van der Waals surface area contributed by atoms with Crippen LogP contribution in [0.1, 0.15) is 50.7 Å². The van der Waals surface area contributed by atoms with Gasteiger partial charge < -0.3 is 15.2 Å². The highest BCUT2D eigenvalue weighted by Gasteiger charge is 2.38. The van der Waals surface area contributed by atoms with Crippen LogP contribution in [0.2, 0.25) is 0 Å². The highest BCUT2D eigenvalue weighted by molar-refractivity contribution is 7.09. The lowest BCUT2D eigenvalue weighted by Gasteiger charge is -2.29. The molecule has 0 amide bonds. The van der Waals surface area contributed by atoms with Gasteiger partial charge in [-0.1, -0.05) is 13.8 Å². The van der Waals surface area contributed by atoms with Gasteiger partial charge in [0.15, 0.2) is 0 Å². The van der Waals surface area contributed by atoms with Gasteiger partial charge in [-0.3, -0.25) is 0 Å². The largest absolute Gasteiger partial charge is 0.379 e. The minimum Gasteiger partial charge on any atom is -0.379 e. The van der Waals surface area contributed by atoms with Crippen LogP contribution in [0, 0.1) is 0 Å². The van der Waals surface area contributed by atoms with Gasteiger partial charge in [0.2, 0.25) is 0 Å². The maximum absolute atomic E-state index is 6.37. The molecule has 1 atom stereocenters. The van der Waals surface area contributed by atoms with Crippen molar-refractivity contribution < 1.29 is 9.47 Å². The van der Waals surface area contributed by atoms with Crippen molar-refractivity contribution in [1.82, 2.24) is 4.98 Å². The summed E-state index contributed by atoms with van der Waals surface area (Å²) < 4.78 is 11.4. The molecule has 0 aromatic carbocycles. The molecule has 2 N–H and O–H groups in total. The summed E-state index contributed by atoms with van der Waals surface area (Å²) in [5.74, 6) is 0. The van der Waals surface area contributed by atoms with E-state index in [0.29, 0.717) is 13.2 Å². The summed E-state index contributed by atoms with van der Waals surface area (Å²) in [5.41, 5.74) is 6.66. The van der Waals surface area contributed by atoms with Gasteiger partial charge in [-0.2, -0.15) is 0 Å². The fourth-order valence-corrected chi connectivity index (χ4v) is 3.81. The minimum absolute atomic E-state index is 0.256. The predicted molar refractivity (Wildman–Crippen MR) is 77.3 cm³/mol. The fourth-order valence-electron chi connectivity index (χ4n) is 2.59. The topological polar surface area (TPSA) is 57.4 Å². The van der Waals surface area contributed by atoms with Crippen LogP contribution in [0.15, 0.2) is 5.38 Å². The van der Waals surface area contributed by atoms with E-state index in [4.69, 9.17) is 20.2 Å². The van der Waals surface area contributed by atoms with Crippen molar-refractivity contribution in [1.29, 1.82) is 0 Å². The Morgan fingerprint density at radius 1 is 1.47 bits per heavy atom. The summed E-state index contributed by atoms with van der Waals surface area (Å²) in [6, 6.07) is 0. The molecule has 1 fully saturated rings. The quantitative estimate of drug-likeness (QED) is 0.872. The molecule has 19 heavy (non-hydrogen) atoms. The second-order valence-electron chi connectivity index (χ2n) is 5.13. The van der Waals surface area contributed by atoms with Crippen LogP contribution < -0.4 is 5.73 Å². The van der Waals surface area contributed by atoms with Crippen LogP contribution in [0.5, 0.6) is 0 Å². The maximum atomic E-state index is 6.37. The Hall–Kier alpha value is -0.490. The van der Waals surface area contributed by atoms with E-state index < -0.39 is 5.54 Å². The van der Waals surface area contributed by atoms with Crippen molar-refractivity contribution in [3.8, 4) is 0 Å². The number of nitrogens with zero attached hydrogens (tertiary/aromatic N) is 1. The van der Waals surface area contributed by atoms with E-state index in [-0.39, 0.29) is 5.60 Å². The first-order chi connectivity index (χ1) is 9.10. The molecule has 0 radical (unpaired) electrons. The number of hydrogen-bond donors (Lipinski definition) is 1. The summed E-state index contributed by atoms with van der Waals surface area (Å²) >= 11 is 1.66. The number of hydrogen-bond acceptors (Lipinski definition) is 5. The molecule has 2 heterocycles. The molecule has 1 saturated heterocycles. The number of nitrogens with two attached hydrogens (primary N) is 1. The SMILES string of the molecule is CCOC(CC)(CC)c1nc(C2(N)CCOC2)cs1. The average molecular weight is 284 g/mol. The third-order valence-corrected chi connectivity index (χ3v) is 5.05. The standard InChI is InChI=1S/C14H24N2O2S/c1-4-14(5-2,18-6-3)12-16-11(9-19-12)13(15)7-8-17-10-13/h9H,4-8,10,15H2,1-3H3. The lowest BCUT2D eigenvalue weighted by atomic mass is 9.95. The van der Waals surface area contributed by atoms with Gasteiger partial charge in [-0.05, 0) is 26.2 Å². The van der Waals surface area contributed by atoms with E-state index in [1.54, 1.807) is 11.3 Å². The molecular weight excluding hydrogens is 260 g/mol. The zero-order valence-electron chi connectivity index (χ0n) is 12.1. The van der Waals surface area contributed by atoms with Gasteiger partial charge in [0.05, 0.1) is 17.8 Å². The van der Waals surface area contributed by atoms with E-state index in [9.17, 15) is 0 Å². The highest BCUT2D eigenvalue weighted by Crippen LogP contribution is 2.37. The van der Waals surface area contributed by atoms with E-state index in [2.05, 4.69) is 19.2 Å². The van der Waals surface area contributed by atoms with Gasteiger partial charge in [0.1, 0.15) is 10.6 Å². The summed E-state index contributed by atoms with van der Waals surface area (Å²) in [4.78, 5) is 4.79. The summed E-state index contributed by atoms with van der Waals surface area (Å²) in [5, 5.41) is 3.12. The smallest absolute Gasteiger partial charge is 0.125 e. The van der Waals surface area contributed by atoms with Crippen LogP contribution in [-0.2, 0) is 20.6 Å². The van der Waals surface area contributed by atoms with E-state index >= 15 is 0 Å². The molecule has 1 aliphatic heterocycles. The van der Waals surface area contributed by atoms with Crippen molar-refractivity contribution >= 4 is 11.3 Å². The van der Waals surface area contributed by atoms with Crippen molar-refractivity contribution in [3.05, 3.63) is 16.1 Å². The Kier molecular flexibility index (Phi) is 4.61. The second kappa shape index (κ2) is 5.87. The Morgan fingerprint density at radius 2 is 2.21 bits per heavy atom. The molecule has 1 unspecified atom stereocenters. The van der Waals surface area contributed by atoms with Gasteiger partial charge in [-0.25, -0.2) is 4.98 Å². The third kappa shape index (κ3) is 2.70. The number of rotatable bonds is 6. The molecule has 1 aliphatic rings. The molecule has 0 spiro atoms. The minimum atomic E-state index is -0.409. The lowest BCUT2D eigenvalue weighted by Crippen LogP contribution is -2.38. The predicted octanol–water partition coefficient (Wildman–Crippen LogP) is 2.77. The second-order valence-corrected chi connectivity index (χ2v) is 5.99. The zero-order valence-corrected chi connectivity index (χ0v) is 12.9. The molecule has 1 aromatic rings. The van der Waals surface area contributed by atoms with E-state index in [0.717, 1.165) is 36.6 Å². The van der Waals surface area contributed by atoms with Crippen molar-refractivity contribution in [2.45, 2.75) is 51.2 Å². The molecule has 0 aliphatic carbocycles. The summed E-state index contributed by atoms with van der Waals surface area (Å²) in [7, 11) is 0. The number of thiazole rings is 1. The normalized spacial score (nSPS) is 24.0. The van der Waals surface area contributed by atoms with Gasteiger partial charge in [-0.15, -0.1) is 11.3 Å². The number of ether oxygens (including phenoxy) is 2. The third-order valence-electron chi connectivity index (χ3n) is 4.02. The molecule has 0 saturated carbocycles. The lowest BCUT2D eigenvalue weighted by molar-refractivity contribution is -0.0508. The van der Waals surface area contributed by atoms with E-state index in [1.165, 1.54) is 0 Å².